The number of nitrogen functional groups attached to an aromatic ring is 1. The monoisotopic (exact) mass is 277 g/mol. The van der Waals surface area contributed by atoms with Gasteiger partial charge in [0.2, 0.25) is 5.88 Å². The maximum atomic E-state index is 6.12. The third-order valence-electron chi connectivity index (χ3n) is 2.52. The van der Waals surface area contributed by atoms with Gasteiger partial charge in [0.05, 0.1) is 15.5 Å². The summed E-state index contributed by atoms with van der Waals surface area (Å²) >= 11 is 7.62. The number of aromatic nitrogens is 2. The first-order valence-corrected chi connectivity index (χ1v) is 6.42. The van der Waals surface area contributed by atoms with Gasteiger partial charge in [0.25, 0.3) is 0 Å². The minimum absolute atomic E-state index is 0.278. The largest absolute Gasteiger partial charge is 0.367 e. The maximum absolute atomic E-state index is 6.12. The standard InChI is InChI=1S/C12H8ClN3OS/c13-8-3-6-18-11(8)10-9(12(14)17-16-10)7-1-4-15-5-2-7/h1-6H,14H2. The van der Waals surface area contributed by atoms with E-state index >= 15 is 0 Å². The van der Waals surface area contributed by atoms with E-state index in [1.165, 1.54) is 11.3 Å². The number of hydrogen-bond acceptors (Lipinski definition) is 5. The summed E-state index contributed by atoms with van der Waals surface area (Å²) in [5, 5.41) is 6.54. The molecule has 0 spiro atoms. The van der Waals surface area contributed by atoms with Gasteiger partial charge in [0, 0.05) is 12.4 Å². The summed E-state index contributed by atoms with van der Waals surface area (Å²) in [5.41, 5.74) is 8.16. The summed E-state index contributed by atoms with van der Waals surface area (Å²) in [6.45, 7) is 0. The fourth-order valence-corrected chi connectivity index (χ4v) is 2.85. The summed E-state index contributed by atoms with van der Waals surface area (Å²) in [6.07, 6.45) is 3.39. The lowest BCUT2D eigenvalue weighted by Crippen LogP contribution is -1.87. The molecule has 0 saturated heterocycles. The maximum Gasteiger partial charge on any atom is 0.230 e. The van der Waals surface area contributed by atoms with Crippen LogP contribution in [0.2, 0.25) is 5.02 Å². The first kappa shape index (κ1) is 11.3. The Morgan fingerprint density at radius 1 is 1.22 bits per heavy atom. The van der Waals surface area contributed by atoms with Gasteiger partial charge in [-0.2, -0.15) is 0 Å². The molecule has 3 aromatic rings. The zero-order valence-electron chi connectivity index (χ0n) is 9.13. The van der Waals surface area contributed by atoms with Gasteiger partial charge >= 0.3 is 0 Å². The molecule has 0 radical (unpaired) electrons. The molecule has 4 nitrogen and oxygen atoms in total. The van der Waals surface area contributed by atoms with Gasteiger partial charge in [-0.15, -0.1) is 11.3 Å². The van der Waals surface area contributed by atoms with Crippen molar-refractivity contribution in [2.24, 2.45) is 0 Å². The van der Waals surface area contributed by atoms with Crippen molar-refractivity contribution in [1.82, 2.24) is 10.1 Å². The van der Waals surface area contributed by atoms with Crippen LogP contribution in [0.15, 0.2) is 40.5 Å². The Balaban J connectivity index is 2.22. The topological polar surface area (TPSA) is 64.9 Å². The second kappa shape index (κ2) is 4.44. The molecule has 0 fully saturated rings. The van der Waals surface area contributed by atoms with Crippen molar-refractivity contribution in [3.05, 3.63) is 41.0 Å². The van der Waals surface area contributed by atoms with Crippen LogP contribution in [0.25, 0.3) is 21.7 Å². The van der Waals surface area contributed by atoms with Crippen LogP contribution in [0, 0.1) is 0 Å². The number of nitrogens with zero attached hydrogens (tertiary/aromatic N) is 2. The number of nitrogens with two attached hydrogens (primary N) is 1. The molecule has 3 heterocycles. The lowest BCUT2D eigenvalue weighted by Gasteiger charge is -2.00. The van der Waals surface area contributed by atoms with Crippen molar-refractivity contribution in [3.63, 3.8) is 0 Å². The number of halogens is 1. The highest BCUT2D eigenvalue weighted by Crippen LogP contribution is 2.41. The molecule has 0 atom stereocenters. The molecule has 0 unspecified atom stereocenters. The van der Waals surface area contributed by atoms with Crippen molar-refractivity contribution < 1.29 is 4.52 Å². The van der Waals surface area contributed by atoms with Crippen LogP contribution in [0.1, 0.15) is 0 Å². The Labute approximate surface area is 112 Å². The van der Waals surface area contributed by atoms with E-state index < -0.39 is 0 Å². The highest BCUT2D eigenvalue weighted by atomic mass is 35.5. The minimum atomic E-state index is 0.278. The third kappa shape index (κ3) is 1.77. The van der Waals surface area contributed by atoms with Gasteiger partial charge < -0.3 is 10.3 Å². The first-order chi connectivity index (χ1) is 8.77. The number of thiophene rings is 1. The van der Waals surface area contributed by atoms with E-state index in [9.17, 15) is 0 Å². The van der Waals surface area contributed by atoms with Crippen LogP contribution < -0.4 is 5.73 Å². The van der Waals surface area contributed by atoms with Crippen LogP contribution in [0.3, 0.4) is 0 Å². The molecule has 3 rings (SSSR count). The molecule has 6 heteroatoms. The average Bonchev–Trinajstić information content (AvgIpc) is 2.96. The molecule has 2 N–H and O–H groups in total. The highest BCUT2D eigenvalue weighted by molar-refractivity contribution is 7.14. The van der Waals surface area contributed by atoms with Crippen LogP contribution in [-0.4, -0.2) is 10.1 Å². The van der Waals surface area contributed by atoms with Gasteiger partial charge in [0.1, 0.15) is 5.69 Å². The molecule has 3 aromatic heterocycles. The third-order valence-corrected chi connectivity index (χ3v) is 3.87. The number of hydrogen-bond donors (Lipinski definition) is 1. The molecule has 0 aliphatic heterocycles. The Morgan fingerprint density at radius 3 is 2.67 bits per heavy atom. The van der Waals surface area contributed by atoms with Crippen molar-refractivity contribution in [2.45, 2.75) is 0 Å². The number of pyridine rings is 1. The Hall–Kier alpha value is -1.85. The summed E-state index contributed by atoms with van der Waals surface area (Å²) in [7, 11) is 0. The molecule has 0 bridgehead atoms. The van der Waals surface area contributed by atoms with E-state index in [2.05, 4.69) is 10.1 Å². The van der Waals surface area contributed by atoms with Crippen LogP contribution in [-0.2, 0) is 0 Å². The fourth-order valence-electron chi connectivity index (χ4n) is 1.72. The van der Waals surface area contributed by atoms with E-state index in [0.29, 0.717) is 10.7 Å². The van der Waals surface area contributed by atoms with E-state index in [0.717, 1.165) is 16.0 Å². The zero-order valence-corrected chi connectivity index (χ0v) is 10.7. The Kier molecular flexibility index (Phi) is 2.77. The molecule has 0 amide bonds. The molecule has 0 aliphatic rings. The van der Waals surface area contributed by atoms with E-state index in [4.69, 9.17) is 21.9 Å². The van der Waals surface area contributed by atoms with E-state index in [1.54, 1.807) is 12.4 Å². The average molecular weight is 278 g/mol. The quantitative estimate of drug-likeness (QED) is 0.776. The summed E-state index contributed by atoms with van der Waals surface area (Å²) in [6, 6.07) is 5.53. The molecule has 0 aromatic carbocycles. The van der Waals surface area contributed by atoms with Crippen molar-refractivity contribution in [2.75, 3.05) is 5.73 Å². The highest BCUT2D eigenvalue weighted by Gasteiger charge is 2.20. The summed E-state index contributed by atoms with van der Waals surface area (Å²) in [4.78, 5) is 4.83. The molecular weight excluding hydrogens is 270 g/mol. The first-order valence-electron chi connectivity index (χ1n) is 5.16. The lowest BCUT2D eigenvalue weighted by molar-refractivity contribution is 0.439. The van der Waals surface area contributed by atoms with Crippen LogP contribution in [0.4, 0.5) is 5.88 Å². The normalized spacial score (nSPS) is 10.7. The SMILES string of the molecule is Nc1onc(-c2sccc2Cl)c1-c1ccncc1. The van der Waals surface area contributed by atoms with Crippen LogP contribution in [0.5, 0.6) is 0 Å². The summed E-state index contributed by atoms with van der Waals surface area (Å²) in [5.74, 6) is 0.278. The van der Waals surface area contributed by atoms with Gasteiger partial charge in [0.15, 0.2) is 0 Å². The van der Waals surface area contributed by atoms with Gasteiger partial charge in [-0.3, -0.25) is 4.98 Å². The smallest absolute Gasteiger partial charge is 0.230 e. The minimum Gasteiger partial charge on any atom is -0.367 e. The molecular formula is C12H8ClN3OS. The number of rotatable bonds is 2. The van der Waals surface area contributed by atoms with E-state index in [1.807, 2.05) is 23.6 Å². The van der Waals surface area contributed by atoms with Gasteiger partial charge in [-0.05, 0) is 29.1 Å². The molecule has 0 saturated carbocycles. The fraction of sp³-hybridized carbons (Fsp3) is 0. The predicted molar refractivity (Wildman–Crippen MR) is 72.5 cm³/mol. The second-order valence-corrected chi connectivity index (χ2v) is 4.93. The zero-order chi connectivity index (χ0) is 12.5. The molecule has 0 aliphatic carbocycles. The summed E-state index contributed by atoms with van der Waals surface area (Å²) < 4.78 is 5.08. The number of anilines is 1. The lowest BCUT2D eigenvalue weighted by atomic mass is 10.1. The second-order valence-electron chi connectivity index (χ2n) is 3.60. The van der Waals surface area contributed by atoms with Gasteiger partial charge in [-0.25, -0.2) is 0 Å². The molecule has 18 heavy (non-hydrogen) atoms. The molecule has 90 valence electrons. The van der Waals surface area contributed by atoms with E-state index in [-0.39, 0.29) is 5.88 Å². The Bertz CT molecular complexity index is 678. The van der Waals surface area contributed by atoms with Crippen molar-refractivity contribution >= 4 is 28.8 Å². The van der Waals surface area contributed by atoms with Gasteiger partial charge in [-0.1, -0.05) is 16.8 Å². The Morgan fingerprint density at radius 2 is 2.00 bits per heavy atom. The van der Waals surface area contributed by atoms with Crippen molar-refractivity contribution in [3.8, 4) is 21.7 Å². The van der Waals surface area contributed by atoms with Crippen molar-refractivity contribution in [1.29, 1.82) is 0 Å². The van der Waals surface area contributed by atoms with Crippen LogP contribution >= 0.6 is 22.9 Å². The predicted octanol–water partition coefficient (Wildman–Crippen LogP) is 3.70.